The molecule has 1 aromatic heterocycles. The molecule has 0 spiro atoms. The zero-order chi connectivity index (χ0) is 12.3. The van der Waals surface area contributed by atoms with E-state index in [9.17, 15) is 0 Å². The maximum absolute atomic E-state index is 5.98. The Morgan fingerprint density at radius 3 is 2.53 bits per heavy atom. The summed E-state index contributed by atoms with van der Waals surface area (Å²) in [5, 5.41) is 3.73. The second-order valence-corrected chi connectivity index (χ2v) is 6.96. The Morgan fingerprint density at radius 1 is 1.24 bits per heavy atom. The fraction of sp³-hybridized carbons (Fsp3) is 0.714. The fourth-order valence-electron chi connectivity index (χ4n) is 2.81. The summed E-state index contributed by atoms with van der Waals surface area (Å²) in [7, 11) is 0. The molecule has 0 aromatic carbocycles. The Hall–Kier alpha value is -0.0500. The van der Waals surface area contributed by atoms with E-state index in [1.807, 2.05) is 6.07 Å². The van der Waals surface area contributed by atoms with Crippen molar-refractivity contribution in [1.82, 2.24) is 5.32 Å². The van der Waals surface area contributed by atoms with Gasteiger partial charge in [-0.3, -0.25) is 0 Å². The molecule has 3 heteroatoms. The van der Waals surface area contributed by atoms with Gasteiger partial charge in [0.25, 0.3) is 0 Å². The number of rotatable bonds is 4. The lowest BCUT2D eigenvalue weighted by Gasteiger charge is -2.30. The molecular weight excluding hydrogens is 250 g/mol. The number of nitrogens with one attached hydrogen (secondary N) is 1. The van der Waals surface area contributed by atoms with Gasteiger partial charge in [0, 0.05) is 17.0 Å². The first-order valence-corrected chi connectivity index (χ1v) is 7.87. The Morgan fingerprint density at radius 2 is 1.94 bits per heavy atom. The number of thiophene rings is 1. The van der Waals surface area contributed by atoms with Crippen molar-refractivity contribution in [2.45, 2.75) is 58.0 Å². The van der Waals surface area contributed by atoms with Crippen molar-refractivity contribution < 1.29 is 0 Å². The van der Waals surface area contributed by atoms with E-state index in [0.717, 1.165) is 10.3 Å². The molecule has 1 aromatic rings. The molecule has 1 heterocycles. The lowest BCUT2D eigenvalue weighted by Crippen LogP contribution is -2.36. The van der Waals surface area contributed by atoms with Gasteiger partial charge in [0.15, 0.2) is 0 Å². The first-order valence-electron chi connectivity index (χ1n) is 6.68. The van der Waals surface area contributed by atoms with Crippen LogP contribution < -0.4 is 5.32 Å². The molecule has 0 aliphatic heterocycles. The minimum absolute atomic E-state index is 0.421. The first-order chi connectivity index (χ1) is 8.16. The summed E-state index contributed by atoms with van der Waals surface area (Å²) in [5.74, 6) is 0.863. The molecule has 1 unspecified atom stereocenters. The van der Waals surface area contributed by atoms with Crippen LogP contribution in [0.1, 0.15) is 56.9 Å². The highest BCUT2D eigenvalue weighted by Crippen LogP contribution is 2.30. The summed E-state index contributed by atoms with van der Waals surface area (Å²) in [4.78, 5) is 1.35. The van der Waals surface area contributed by atoms with Crippen LogP contribution in [0.5, 0.6) is 0 Å². The van der Waals surface area contributed by atoms with Gasteiger partial charge >= 0.3 is 0 Å². The molecule has 2 atom stereocenters. The third kappa shape index (κ3) is 3.70. The summed E-state index contributed by atoms with van der Waals surface area (Å²) in [6.45, 7) is 4.57. The molecule has 1 aliphatic carbocycles. The van der Waals surface area contributed by atoms with Gasteiger partial charge in [-0.1, -0.05) is 30.9 Å². The number of halogens is 1. The van der Waals surface area contributed by atoms with Crippen molar-refractivity contribution in [3.63, 3.8) is 0 Å². The Bertz CT molecular complexity index is 344. The van der Waals surface area contributed by atoms with Crippen LogP contribution in [0.2, 0.25) is 4.34 Å². The quantitative estimate of drug-likeness (QED) is 0.811. The van der Waals surface area contributed by atoms with Crippen LogP contribution in [0.4, 0.5) is 0 Å². The molecule has 1 fully saturated rings. The van der Waals surface area contributed by atoms with E-state index in [1.54, 1.807) is 11.3 Å². The summed E-state index contributed by atoms with van der Waals surface area (Å²) < 4.78 is 0.888. The van der Waals surface area contributed by atoms with Crippen molar-refractivity contribution in [3.8, 4) is 0 Å². The molecule has 0 bridgehead atoms. The summed E-state index contributed by atoms with van der Waals surface area (Å²) in [6, 6.07) is 5.17. The van der Waals surface area contributed by atoms with Crippen molar-refractivity contribution in [3.05, 3.63) is 21.3 Å². The van der Waals surface area contributed by atoms with Crippen LogP contribution in [-0.2, 0) is 0 Å². The molecule has 0 amide bonds. The molecule has 2 rings (SSSR count). The van der Waals surface area contributed by atoms with E-state index in [1.165, 1.54) is 37.0 Å². The van der Waals surface area contributed by atoms with E-state index >= 15 is 0 Å². The van der Waals surface area contributed by atoms with E-state index < -0.39 is 0 Å². The summed E-state index contributed by atoms with van der Waals surface area (Å²) in [5.41, 5.74) is 0. The molecule has 1 saturated carbocycles. The van der Waals surface area contributed by atoms with Crippen LogP contribution in [-0.4, -0.2) is 6.04 Å². The Labute approximate surface area is 114 Å². The zero-order valence-electron chi connectivity index (χ0n) is 10.7. The van der Waals surface area contributed by atoms with Gasteiger partial charge in [-0.25, -0.2) is 0 Å². The van der Waals surface area contributed by atoms with Gasteiger partial charge in [0.05, 0.1) is 4.34 Å². The Kier molecular flexibility index (Phi) is 4.89. The Balaban J connectivity index is 1.87. The second kappa shape index (κ2) is 6.21. The van der Waals surface area contributed by atoms with Crippen LogP contribution in [0, 0.1) is 5.92 Å². The summed E-state index contributed by atoms with van der Waals surface area (Å²) in [6.07, 6.45) is 7.04. The van der Waals surface area contributed by atoms with E-state index in [-0.39, 0.29) is 0 Å². The van der Waals surface area contributed by atoms with Gasteiger partial charge in [-0.15, -0.1) is 11.3 Å². The van der Waals surface area contributed by atoms with Crippen LogP contribution in [0.25, 0.3) is 0 Å². The third-order valence-electron chi connectivity index (χ3n) is 3.89. The largest absolute Gasteiger partial charge is 0.307 e. The van der Waals surface area contributed by atoms with Crippen LogP contribution >= 0.6 is 22.9 Å². The summed E-state index contributed by atoms with van der Waals surface area (Å²) >= 11 is 7.67. The van der Waals surface area contributed by atoms with E-state index in [0.29, 0.717) is 12.1 Å². The average molecular weight is 272 g/mol. The molecule has 17 heavy (non-hydrogen) atoms. The third-order valence-corrected chi connectivity index (χ3v) is 5.30. The molecule has 96 valence electrons. The average Bonchev–Trinajstić information content (AvgIpc) is 2.77. The highest BCUT2D eigenvalue weighted by molar-refractivity contribution is 7.16. The standard InChI is InChI=1S/C14H22ClNS/c1-10(12-6-4-3-5-7-12)16-11(2)13-8-9-14(15)17-13/h8-12,16H,3-7H2,1-2H3/t10-,11?/m1/s1. The molecular formula is C14H22ClNS. The molecule has 0 radical (unpaired) electrons. The van der Waals surface area contributed by atoms with Crippen LogP contribution in [0.3, 0.4) is 0 Å². The monoisotopic (exact) mass is 271 g/mol. The van der Waals surface area contributed by atoms with Crippen molar-refractivity contribution in [2.24, 2.45) is 5.92 Å². The second-order valence-electron chi connectivity index (χ2n) is 5.22. The van der Waals surface area contributed by atoms with E-state index in [2.05, 4.69) is 25.2 Å². The zero-order valence-corrected chi connectivity index (χ0v) is 12.3. The minimum atomic E-state index is 0.421. The number of hydrogen-bond donors (Lipinski definition) is 1. The van der Waals surface area contributed by atoms with E-state index in [4.69, 9.17) is 11.6 Å². The van der Waals surface area contributed by atoms with Crippen molar-refractivity contribution in [2.75, 3.05) is 0 Å². The van der Waals surface area contributed by atoms with Gasteiger partial charge < -0.3 is 5.32 Å². The lowest BCUT2D eigenvalue weighted by molar-refractivity contribution is 0.269. The predicted octanol–water partition coefficient (Wildman–Crippen LogP) is 5.02. The molecule has 1 aliphatic rings. The smallest absolute Gasteiger partial charge is 0.0931 e. The van der Waals surface area contributed by atoms with Crippen LogP contribution in [0.15, 0.2) is 12.1 Å². The van der Waals surface area contributed by atoms with Gasteiger partial charge in [0.2, 0.25) is 0 Å². The number of hydrogen-bond acceptors (Lipinski definition) is 2. The van der Waals surface area contributed by atoms with Gasteiger partial charge in [-0.05, 0) is 44.7 Å². The topological polar surface area (TPSA) is 12.0 Å². The normalized spacial score (nSPS) is 21.4. The SMILES string of the molecule is CC(N[C@H](C)C1CCCCC1)c1ccc(Cl)s1. The van der Waals surface area contributed by atoms with Gasteiger partial charge in [0.1, 0.15) is 0 Å². The minimum Gasteiger partial charge on any atom is -0.307 e. The highest BCUT2D eigenvalue weighted by Gasteiger charge is 2.21. The van der Waals surface area contributed by atoms with Gasteiger partial charge in [-0.2, -0.15) is 0 Å². The fourth-order valence-corrected chi connectivity index (χ4v) is 3.88. The molecule has 0 saturated heterocycles. The first kappa shape index (κ1) is 13.4. The maximum Gasteiger partial charge on any atom is 0.0931 e. The van der Waals surface area contributed by atoms with Crippen molar-refractivity contribution >= 4 is 22.9 Å². The highest BCUT2D eigenvalue weighted by atomic mass is 35.5. The molecule has 1 N–H and O–H groups in total. The lowest BCUT2D eigenvalue weighted by atomic mass is 9.84. The molecule has 1 nitrogen and oxygen atoms in total. The predicted molar refractivity (Wildman–Crippen MR) is 76.9 cm³/mol. The van der Waals surface area contributed by atoms with Crippen molar-refractivity contribution in [1.29, 1.82) is 0 Å². The maximum atomic E-state index is 5.98.